The van der Waals surface area contributed by atoms with E-state index in [0.717, 1.165) is 4.90 Å². The van der Waals surface area contributed by atoms with Crippen molar-refractivity contribution in [3.8, 4) is 0 Å². The molecule has 1 unspecified atom stereocenters. The van der Waals surface area contributed by atoms with Gasteiger partial charge in [0.05, 0.1) is 12.1 Å². The average molecular weight is 277 g/mol. The molecule has 0 radical (unpaired) electrons. The average Bonchev–Trinajstić information content (AvgIpc) is 2.64. The van der Waals surface area contributed by atoms with Crippen LogP contribution in [0.3, 0.4) is 0 Å². The molecule has 1 aliphatic rings. The number of hydrogen-bond donors (Lipinski definition) is 3. The lowest BCUT2D eigenvalue weighted by Crippen LogP contribution is -2.32. The molecule has 0 aromatic heterocycles. The minimum absolute atomic E-state index is 0.239. The van der Waals surface area contributed by atoms with E-state index in [-0.39, 0.29) is 11.3 Å². The predicted octanol–water partition coefficient (Wildman–Crippen LogP) is -0.315. The number of amides is 4. The summed E-state index contributed by atoms with van der Waals surface area (Å²) in [6.45, 7) is 0. The van der Waals surface area contributed by atoms with Gasteiger partial charge in [-0.1, -0.05) is 0 Å². The Kier molecular flexibility index (Phi) is 3.38. The molecule has 104 valence electrons. The molecule has 1 heterocycles. The molecule has 1 aromatic carbocycles. The van der Waals surface area contributed by atoms with Gasteiger partial charge in [-0.25, -0.2) is 9.69 Å². The first-order chi connectivity index (χ1) is 9.40. The van der Waals surface area contributed by atoms with E-state index in [1.807, 2.05) is 0 Å². The SMILES string of the molecule is NC(=O)c1ccc(N2C(=O)NC(CC(=O)O)C2=O)cc1. The van der Waals surface area contributed by atoms with Crippen LogP contribution >= 0.6 is 0 Å². The number of aliphatic carboxylic acids is 1. The van der Waals surface area contributed by atoms with Crippen LogP contribution in [-0.2, 0) is 9.59 Å². The summed E-state index contributed by atoms with van der Waals surface area (Å²) in [5.41, 5.74) is 5.56. The molecule has 2 rings (SSSR count). The highest BCUT2D eigenvalue weighted by molar-refractivity contribution is 6.22. The van der Waals surface area contributed by atoms with Crippen molar-refractivity contribution in [3.05, 3.63) is 29.8 Å². The monoisotopic (exact) mass is 277 g/mol. The van der Waals surface area contributed by atoms with Crippen molar-refractivity contribution in [3.63, 3.8) is 0 Å². The molecule has 8 heteroatoms. The summed E-state index contributed by atoms with van der Waals surface area (Å²) in [4.78, 5) is 46.0. The van der Waals surface area contributed by atoms with Crippen LogP contribution in [0.4, 0.5) is 10.5 Å². The summed E-state index contributed by atoms with van der Waals surface area (Å²) in [5.74, 6) is -2.46. The van der Waals surface area contributed by atoms with E-state index < -0.39 is 36.3 Å². The van der Waals surface area contributed by atoms with Crippen LogP contribution in [0.15, 0.2) is 24.3 Å². The van der Waals surface area contributed by atoms with Crippen molar-refractivity contribution >= 4 is 29.5 Å². The molecule has 8 nitrogen and oxygen atoms in total. The van der Waals surface area contributed by atoms with Gasteiger partial charge in [0.1, 0.15) is 6.04 Å². The summed E-state index contributed by atoms with van der Waals surface area (Å²) in [6.07, 6.45) is -0.486. The van der Waals surface area contributed by atoms with Crippen LogP contribution in [-0.4, -0.2) is 35.0 Å². The Labute approximate surface area is 113 Å². The molecule has 0 saturated carbocycles. The summed E-state index contributed by atoms with van der Waals surface area (Å²) in [5, 5.41) is 10.9. The highest BCUT2D eigenvalue weighted by Gasteiger charge is 2.40. The summed E-state index contributed by atoms with van der Waals surface area (Å²) in [7, 11) is 0. The maximum Gasteiger partial charge on any atom is 0.329 e. The number of hydrogen-bond acceptors (Lipinski definition) is 4. The van der Waals surface area contributed by atoms with E-state index in [1.165, 1.54) is 24.3 Å². The van der Waals surface area contributed by atoms with E-state index in [2.05, 4.69) is 5.32 Å². The maximum absolute atomic E-state index is 12.0. The normalized spacial score (nSPS) is 18.0. The van der Waals surface area contributed by atoms with Crippen LogP contribution in [0.1, 0.15) is 16.8 Å². The number of rotatable bonds is 4. The van der Waals surface area contributed by atoms with Crippen LogP contribution in [0.2, 0.25) is 0 Å². The number of primary amides is 1. The molecule has 0 spiro atoms. The minimum atomic E-state index is -1.19. The van der Waals surface area contributed by atoms with Gasteiger partial charge in [0.25, 0.3) is 5.91 Å². The smallest absolute Gasteiger partial charge is 0.329 e. The Morgan fingerprint density at radius 3 is 2.35 bits per heavy atom. The Bertz CT molecular complexity index is 596. The van der Waals surface area contributed by atoms with E-state index >= 15 is 0 Å². The van der Waals surface area contributed by atoms with Crippen LogP contribution < -0.4 is 16.0 Å². The zero-order valence-corrected chi connectivity index (χ0v) is 10.2. The third-order valence-electron chi connectivity index (χ3n) is 2.81. The number of imide groups is 1. The molecular weight excluding hydrogens is 266 g/mol. The third-order valence-corrected chi connectivity index (χ3v) is 2.81. The minimum Gasteiger partial charge on any atom is -0.481 e. The number of urea groups is 1. The molecule has 0 bridgehead atoms. The van der Waals surface area contributed by atoms with Crippen molar-refractivity contribution in [2.45, 2.75) is 12.5 Å². The van der Waals surface area contributed by atoms with Crippen molar-refractivity contribution in [2.24, 2.45) is 5.73 Å². The molecule has 4 N–H and O–H groups in total. The van der Waals surface area contributed by atoms with Crippen molar-refractivity contribution in [2.75, 3.05) is 4.90 Å². The van der Waals surface area contributed by atoms with E-state index in [4.69, 9.17) is 10.8 Å². The quantitative estimate of drug-likeness (QED) is 0.649. The van der Waals surface area contributed by atoms with Crippen LogP contribution in [0.5, 0.6) is 0 Å². The van der Waals surface area contributed by atoms with Gasteiger partial charge in [0.15, 0.2) is 0 Å². The fourth-order valence-electron chi connectivity index (χ4n) is 1.86. The Balaban J connectivity index is 2.24. The highest BCUT2D eigenvalue weighted by Crippen LogP contribution is 2.21. The molecule has 4 amide bonds. The van der Waals surface area contributed by atoms with Gasteiger partial charge in [-0.05, 0) is 24.3 Å². The molecule has 1 atom stereocenters. The molecule has 1 saturated heterocycles. The summed E-state index contributed by atoms with van der Waals surface area (Å²) in [6, 6.07) is 3.75. The van der Waals surface area contributed by atoms with Crippen LogP contribution in [0.25, 0.3) is 0 Å². The molecular formula is C12H11N3O5. The van der Waals surface area contributed by atoms with Crippen LogP contribution in [0, 0.1) is 0 Å². The van der Waals surface area contributed by atoms with Gasteiger partial charge in [-0.15, -0.1) is 0 Å². The van der Waals surface area contributed by atoms with Gasteiger partial charge in [0.2, 0.25) is 5.91 Å². The maximum atomic E-state index is 12.0. The Hall–Kier alpha value is -2.90. The summed E-state index contributed by atoms with van der Waals surface area (Å²) >= 11 is 0. The fourth-order valence-corrected chi connectivity index (χ4v) is 1.86. The predicted molar refractivity (Wildman–Crippen MR) is 67.0 cm³/mol. The highest BCUT2D eigenvalue weighted by atomic mass is 16.4. The van der Waals surface area contributed by atoms with E-state index in [1.54, 1.807) is 0 Å². The number of carbonyl (C=O) groups is 4. The van der Waals surface area contributed by atoms with Gasteiger partial charge < -0.3 is 16.2 Å². The first kappa shape index (κ1) is 13.5. The fraction of sp³-hybridized carbons (Fsp3) is 0.167. The Morgan fingerprint density at radius 1 is 1.25 bits per heavy atom. The standard InChI is InChI=1S/C12H11N3O5/c13-10(18)6-1-3-7(4-2-6)15-11(19)8(5-9(16)17)14-12(15)20/h1-4,8H,5H2,(H2,13,18)(H,14,20)(H,16,17). The summed E-state index contributed by atoms with van der Waals surface area (Å²) < 4.78 is 0. The van der Waals surface area contributed by atoms with Crippen molar-refractivity contribution in [1.82, 2.24) is 5.32 Å². The topological polar surface area (TPSA) is 130 Å². The first-order valence-corrected chi connectivity index (χ1v) is 5.66. The lowest BCUT2D eigenvalue weighted by molar-refractivity contribution is -0.139. The van der Waals surface area contributed by atoms with Gasteiger partial charge in [-0.3, -0.25) is 14.4 Å². The number of carboxylic acid groups (broad SMARTS) is 1. The number of nitrogens with zero attached hydrogens (tertiary/aromatic N) is 1. The lowest BCUT2D eigenvalue weighted by atomic mass is 10.1. The third kappa shape index (κ3) is 2.44. The second-order valence-electron chi connectivity index (χ2n) is 4.18. The van der Waals surface area contributed by atoms with E-state index in [0.29, 0.717) is 0 Å². The first-order valence-electron chi connectivity index (χ1n) is 5.66. The Morgan fingerprint density at radius 2 is 1.85 bits per heavy atom. The number of carbonyl (C=O) groups excluding carboxylic acids is 3. The number of nitrogens with two attached hydrogens (primary N) is 1. The van der Waals surface area contributed by atoms with Gasteiger partial charge >= 0.3 is 12.0 Å². The second-order valence-corrected chi connectivity index (χ2v) is 4.18. The number of anilines is 1. The van der Waals surface area contributed by atoms with Gasteiger partial charge in [-0.2, -0.15) is 0 Å². The number of nitrogens with one attached hydrogen (secondary N) is 1. The molecule has 1 aromatic rings. The van der Waals surface area contributed by atoms with Crippen molar-refractivity contribution < 1.29 is 24.3 Å². The number of benzene rings is 1. The van der Waals surface area contributed by atoms with Gasteiger partial charge in [0, 0.05) is 5.56 Å². The lowest BCUT2D eigenvalue weighted by Gasteiger charge is -2.12. The number of carboxylic acids is 1. The zero-order valence-electron chi connectivity index (χ0n) is 10.2. The van der Waals surface area contributed by atoms with Crippen molar-refractivity contribution in [1.29, 1.82) is 0 Å². The molecule has 0 aliphatic carbocycles. The largest absolute Gasteiger partial charge is 0.481 e. The molecule has 1 aliphatic heterocycles. The zero-order chi connectivity index (χ0) is 14.9. The molecule has 20 heavy (non-hydrogen) atoms. The second kappa shape index (κ2) is 5.00. The molecule has 1 fully saturated rings. The van der Waals surface area contributed by atoms with E-state index in [9.17, 15) is 19.2 Å².